The lowest BCUT2D eigenvalue weighted by molar-refractivity contribution is -0.117. The first-order chi connectivity index (χ1) is 13.7. The number of rotatable bonds is 9. The van der Waals surface area contributed by atoms with Crippen LogP contribution in [-0.2, 0) is 14.8 Å². The van der Waals surface area contributed by atoms with Gasteiger partial charge in [0.05, 0.1) is 31.3 Å². The van der Waals surface area contributed by atoms with Crippen LogP contribution in [-0.4, -0.2) is 40.3 Å². The molecule has 0 aromatic heterocycles. The molecule has 0 spiro atoms. The van der Waals surface area contributed by atoms with E-state index in [-0.39, 0.29) is 0 Å². The molecule has 8 heteroatoms. The smallest absolute Gasteiger partial charge is 0.248 e. The zero-order valence-corrected chi connectivity index (χ0v) is 18.2. The van der Waals surface area contributed by atoms with Gasteiger partial charge in [0.1, 0.15) is 17.5 Å². The van der Waals surface area contributed by atoms with Gasteiger partial charge < -0.3 is 14.8 Å². The highest BCUT2D eigenvalue weighted by atomic mass is 32.2. The van der Waals surface area contributed by atoms with Gasteiger partial charge in [-0.3, -0.25) is 9.10 Å². The van der Waals surface area contributed by atoms with E-state index >= 15 is 0 Å². The maximum absolute atomic E-state index is 13.1. The van der Waals surface area contributed by atoms with Crippen molar-refractivity contribution in [2.24, 2.45) is 0 Å². The molecule has 1 amide bonds. The summed E-state index contributed by atoms with van der Waals surface area (Å²) in [5.74, 6) is 0.702. The Morgan fingerprint density at radius 2 is 1.79 bits per heavy atom. The maximum atomic E-state index is 13.1. The molecule has 2 aromatic rings. The summed E-state index contributed by atoms with van der Waals surface area (Å²) < 4.78 is 37.0. The number of nitrogens with one attached hydrogen (secondary N) is 1. The molecule has 7 nitrogen and oxygen atoms in total. The van der Waals surface area contributed by atoms with Crippen LogP contribution in [0.3, 0.4) is 0 Å². The molecule has 29 heavy (non-hydrogen) atoms. The zero-order chi connectivity index (χ0) is 21.6. The van der Waals surface area contributed by atoms with Gasteiger partial charge in [0, 0.05) is 0 Å². The number of sulfonamides is 1. The normalized spacial score (nSPS) is 12.2. The summed E-state index contributed by atoms with van der Waals surface area (Å²) >= 11 is 0. The summed E-state index contributed by atoms with van der Waals surface area (Å²) in [5, 5.41) is 2.81. The summed E-state index contributed by atoms with van der Waals surface area (Å²) in [7, 11) is -2.20. The predicted molar refractivity (Wildman–Crippen MR) is 115 cm³/mol. The van der Waals surface area contributed by atoms with Crippen LogP contribution in [0.25, 0.3) is 0 Å². The van der Waals surface area contributed by atoms with E-state index in [1.165, 1.54) is 7.11 Å². The third kappa shape index (κ3) is 5.63. The second-order valence-electron chi connectivity index (χ2n) is 6.60. The number of benzene rings is 2. The molecule has 0 radical (unpaired) electrons. The summed E-state index contributed by atoms with van der Waals surface area (Å²) in [4.78, 5) is 13.1. The highest BCUT2D eigenvalue weighted by Gasteiger charge is 2.32. The van der Waals surface area contributed by atoms with Gasteiger partial charge in [-0.05, 0) is 62.2 Å². The van der Waals surface area contributed by atoms with Gasteiger partial charge in [-0.2, -0.15) is 0 Å². The summed E-state index contributed by atoms with van der Waals surface area (Å²) in [6, 6.07) is 11.1. The van der Waals surface area contributed by atoms with Crippen LogP contribution in [0.2, 0.25) is 0 Å². The highest BCUT2D eigenvalue weighted by Crippen LogP contribution is 2.28. The van der Waals surface area contributed by atoms with Crippen LogP contribution < -0.4 is 19.1 Å². The topological polar surface area (TPSA) is 84.9 Å². The fourth-order valence-corrected chi connectivity index (χ4v) is 4.26. The molecule has 2 rings (SSSR count). The Labute approximate surface area is 172 Å². The molecule has 0 heterocycles. The van der Waals surface area contributed by atoms with Crippen LogP contribution in [0.4, 0.5) is 11.4 Å². The molecule has 1 unspecified atom stereocenters. The van der Waals surface area contributed by atoms with Crippen molar-refractivity contribution >= 4 is 27.3 Å². The molecule has 0 saturated carbocycles. The van der Waals surface area contributed by atoms with E-state index in [0.29, 0.717) is 35.9 Å². The Bertz CT molecular complexity index is 942. The number of anilines is 2. The molecule has 0 bridgehead atoms. The molecule has 1 N–H and O–H groups in total. The monoisotopic (exact) mass is 420 g/mol. The van der Waals surface area contributed by atoms with Crippen LogP contribution in [0.1, 0.15) is 25.8 Å². The van der Waals surface area contributed by atoms with E-state index in [1.807, 2.05) is 19.9 Å². The number of carbonyl (C=O) groups excluding carboxylic acids is 1. The lowest BCUT2D eigenvalue weighted by atomic mass is 10.1. The minimum absolute atomic E-state index is 0.292. The van der Waals surface area contributed by atoms with Gasteiger partial charge in [0.25, 0.3) is 0 Å². The van der Waals surface area contributed by atoms with E-state index < -0.39 is 22.0 Å². The molecule has 0 aliphatic carbocycles. The second kappa shape index (κ2) is 9.65. The van der Waals surface area contributed by atoms with E-state index in [4.69, 9.17) is 9.47 Å². The molecule has 0 aliphatic heterocycles. The van der Waals surface area contributed by atoms with Crippen molar-refractivity contribution < 1.29 is 22.7 Å². The van der Waals surface area contributed by atoms with E-state index in [1.54, 1.807) is 43.3 Å². The van der Waals surface area contributed by atoms with Crippen LogP contribution in [0.15, 0.2) is 42.5 Å². The van der Waals surface area contributed by atoms with Gasteiger partial charge in [-0.1, -0.05) is 13.0 Å². The Morgan fingerprint density at radius 1 is 1.14 bits per heavy atom. The summed E-state index contributed by atoms with van der Waals surface area (Å²) in [6.45, 7) is 6.04. The quantitative estimate of drug-likeness (QED) is 0.670. The van der Waals surface area contributed by atoms with Crippen molar-refractivity contribution in [3.63, 3.8) is 0 Å². The van der Waals surface area contributed by atoms with Crippen molar-refractivity contribution in [2.45, 2.75) is 33.2 Å². The van der Waals surface area contributed by atoms with Gasteiger partial charge in [-0.15, -0.1) is 0 Å². The third-order valence-corrected chi connectivity index (χ3v) is 5.52. The Morgan fingerprint density at radius 3 is 2.31 bits per heavy atom. The molecular formula is C21H28N2O5S. The number of ether oxygens (including phenoxy) is 2. The number of carbonyl (C=O) groups is 1. The molecular weight excluding hydrogens is 392 g/mol. The summed E-state index contributed by atoms with van der Waals surface area (Å²) in [6.07, 6.45) is 1.38. The molecule has 2 aromatic carbocycles. The van der Waals surface area contributed by atoms with Crippen LogP contribution in [0, 0.1) is 6.92 Å². The molecule has 1 atom stereocenters. The number of hydrogen-bond acceptors (Lipinski definition) is 5. The standard InChI is InChI=1S/C21H28N2O5S/c1-6-19(21(24)22-18-14-15(3)8-13-20(18)27-4)23(29(5,25)26)16-9-11-17(12-10-16)28-7-2/h8-14,19H,6-7H2,1-5H3,(H,22,24). The average Bonchev–Trinajstić information content (AvgIpc) is 2.66. The molecule has 158 valence electrons. The van der Waals surface area contributed by atoms with Crippen LogP contribution >= 0.6 is 0 Å². The third-order valence-electron chi connectivity index (χ3n) is 4.34. The molecule has 0 saturated heterocycles. The predicted octanol–water partition coefficient (Wildman–Crippen LogP) is 3.59. The summed E-state index contributed by atoms with van der Waals surface area (Å²) in [5.41, 5.74) is 1.84. The van der Waals surface area contributed by atoms with Crippen molar-refractivity contribution in [3.8, 4) is 11.5 Å². The zero-order valence-electron chi connectivity index (χ0n) is 17.4. The number of amides is 1. The number of nitrogens with zero attached hydrogens (tertiary/aromatic N) is 1. The largest absolute Gasteiger partial charge is 0.495 e. The highest BCUT2D eigenvalue weighted by molar-refractivity contribution is 7.92. The van der Waals surface area contributed by atoms with E-state index in [9.17, 15) is 13.2 Å². The second-order valence-corrected chi connectivity index (χ2v) is 8.46. The minimum atomic E-state index is -3.72. The van der Waals surface area contributed by atoms with Gasteiger partial charge in [0.15, 0.2) is 0 Å². The van der Waals surface area contributed by atoms with Crippen LogP contribution in [0.5, 0.6) is 11.5 Å². The number of aryl methyl sites for hydroxylation is 1. The molecule has 0 aliphatic rings. The van der Waals surface area contributed by atoms with Crippen molar-refractivity contribution in [1.82, 2.24) is 0 Å². The van der Waals surface area contributed by atoms with E-state index in [2.05, 4.69) is 5.32 Å². The first kappa shape index (κ1) is 22.5. The van der Waals surface area contributed by atoms with Crippen molar-refractivity contribution in [3.05, 3.63) is 48.0 Å². The number of hydrogen-bond donors (Lipinski definition) is 1. The average molecular weight is 421 g/mol. The van der Waals surface area contributed by atoms with Crippen molar-refractivity contribution in [2.75, 3.05) is 29.6 Å². The fourth-order valence-electron chi connectivity index (χ4n) is 3.05. The lowest BCUT2D eigenvalue weighted by Crippen LogP contribution is -2.47. The Balaban J connectivity index is 2.38. The van der Waals surface area contributed by atoms with E-state index in [0.717, 1.165) is 16.1 Å². The van der Waals surface area contributed by atoms with Crippen molar-refractivity contribution in [1.29, 1.82) is 0 Å². The number of methoxy groups -OCH3 is 1. The first-order valence-electron chi connectivity index (χ1n) is 9.39. The Kier molecular flexibility index (Phi) is 7.50. The maximum Gasteiger partial charge on any atom is 0.248 e. The van der Waals surface area contributed by atoms with Gasteiger partial charge in [-0.25, -0.2) is 8.42 Å². The SMILES string of the molecule is CCOc1ccc(N(C(CC)C(=O)Nc2cc(C)ccc2OC)S(C)(=O)=O)cc1. The van der Waals surface area contributed by atoms with Gasteiger partial charge >= 0.3 is 0 Å². The molecule has 0 fully saturated rings. The van der Waals surface area contributed by atoms with Gasteiger partial charge in [0.2, 0.25) is 15.9 Å². The Hall–Kier alpha value is -2.74. The minimum Gasteiger partial charge on any atom is -0.495 e. The fraction of sp³-hybridized carbons (Fsp3) is 0.381. The lowest BCUT2D eigenvalue weighted by Gasteiger charge is -2.30. The first-order valence-corrected chi connectivity index (χ1v) is 11.2.